The molecule has 1 heterocycles. The van der Waals surface area contributed by atoms with Gasteiger partial charge in [-0.25, -0.2) is 4.98 Å². The first-order chi connectivity index (χ1) is 9.88. The van der Waals surface area contributed by atoms with Gasteiger partial charge in [0.25, 0.3) is 0 Å². The normalized spacial score (nSPS) is 14.7. The number of hydrogen-bond donors (Lipinski definition) is 2. The van der Waals surface area contributed by atoms with Crippen molar-refractivity contribution < 1.29 is 4.74 Å². The molecular weight excluding hydrogens is 250 g/mol. The number of hydrogen-bond acceptors (Lipinski definition) is 4. The highest BCUT2D eigenvalue weighted by Crippen LogP contribution is 2.25. The van der Waals surface area contributed by atoms with E-state index in [2.05, 4.69) is 39.9 Å². The molecule has 2 aromatic rings. The standard InChI is InChI=1S/C16H21N3O/c1-20-9-8-17-16-15-5-3-2-4-14(15)12(11-19-16)10-18-13-6-7-13/h2-5,11,13,18H,6-10H2,1H3,(H,17,19). The topological polar surface area (TPSA) is 46.2 Å². The monoisotopic (exact) mass is 271 g/mol. The van der Waals surface area contributed by atoms with Gasteiger partial charge >= 0.3 is 0 Å². The fourth-order valence-electron chi connectivity index (χ4n) is 2.35. The van der Waals surface area contributed by atoms with E-state index in [1.807, 2.05) is 6.20 Å². The van der Waals surface area contributed by atoms with Crippen LogP contribution in [-0.2, 0) is 11.3 Å². The summed E-state index contributed by atoms with van der Waals surface area (Å²) in [6.07, 6.45) is 4.59. The Morgan fingerprint density at radius 1 is 1.25 bits per heavy atom. The second kappa shape index (κ2) is 6.20. The van der Waals surface area contributed by atoms with Crippen molar-refractivity contribution in [3.8, 4) is 0 Å². The van der Waals surface area contributed by atoms with Crippen molar-refractivity contribution in [2.45, 2.75) is 25.4 Å². The highest BCUT2D eigenvalue weighted by molar-refractivity contribution is 5.93. The molecule has 0 bridgehead atoms. The summed E-state index contributed by atoms with van der Waals surface area (Å²) in [6, 6.07) is 9.15. The van der Waals surface area contributed by atoms with Crippen LogP contribution in [0.15, 0.2) is 30.5 Å². The Hall–Kier alpha value is -1.65. The molecule has 106 valence electrons. The van der Waals surface area contributed by atoms with E-state index >= 15 is 0 Å². The van der Waals surface area contributed by atoms with E-state index in [9.17, 15) is 0 Å². The third-order valence-electron chi connectivity index (χ3n) is 3.63. The number of benzene rings is 1. The third kappa shape index (κ3) is 3.08. The zero-order chi connectivity index (χ0) is 13.8. The van der Waals surface area contributed by atoms with E-state index < -0.39 is 0 Å². The summed E-state index contributed by atoms with van der Waals surface area (Å²) in [7, 11) is 1.71. The van der Waals surface area contributed by atoms with Crippen LogP contribution in [0.25, 0.3) is 10.8 Å². The molecule has 2 N–H and O–H groups in total. The summed E-state index contributed by atoms with van der Waals surface area (Å²) >= 11 is 0. The molecule has 0 atom stereocenters. The van der Waals surface area contributed by atoms with Gasteiger partial charge in [0.1, 0.15) is 5.82 Å². The largest absolute Gasteiger partial charge is 0.383 e. The summed E-state index contributed by atoms with van der Waals surface area (Å²) < 4.78 is 5.07. The molecule has 0 spiro atoms. The number of fused-ring (bicyclic) bond motifs is 1. The van der Waals surface area contributed by atoms with Gasteiger partial charge in [0, 0.05) is 37.8 Å². The molecule has 0 saturated heterocycles. The van der Waals surface area contributed by atoms with Crippen LogP contribution in [-0.4, -0.2) is 31.3 Å². The molecule has 20 heavy (non-hydrogen) atoms. The zero-order valence-corrected chi connectivity index (χ0v) is 11.9. The van der Waals surface area contributed by atoms with Gasteiger partial charge in [-0.05, 0) is 23.8 Å². The summed E-state index contributed by atoms with van der Waals surface area (Å²) in [5.74, 6) is 0.938. The number of pyridine rings is 1. The molecule has 1 fully saturated rings. The molecule has 0 radical (unpaired) electrons. The van der Waals surface area contributed by atoms with Crippen LogP contribution >= 0.6 is 0 Å². The Bertz CT molecular complexity index is 581. The Labute approximate surface area is 119 Å². The van der Waals surface area contributed by atoms with Gasteiger partial charge in [0.05, 0.1) is 6.61 Å². The first-order valence-electron chi connectivity index (χ1n) is 7.21. The van der Waals surface area contributed by atoms with E-state index in [0.717, 1.165) is 18.9 Å². The molecule has 0 amide bonds. The van der Waals surface area contributed by atoms with Crippen molar-refractivity contribution in [2.75, 3.05) is 25.6 Å². The number of ether oxygens (including phenoxy) is 1. The molecule has 0 unspecified atom stereocenters. The Kier molecular flexibility index (Phi) is 4.14. The fourth-order valence-corrected chi connectivity index (χ4v) is 2.35. The molecule has 0 aliphatic heterocycles. The highest BCUT2D eigenvalue weighted by Gasteiger charge is 2.20. The maximum absolute atomic E-state index is 5.07. The minimum Gasteiger partial charge on any atom is -0.383 e. The summed E-state index contributed by atoms with van der Waals surface area (Å²) in [5, 5.41) is 9.35. The SMILES string of the molecule is COCCNc1ncc(CNC2CC2)c2ccccc12. The summed E-state index contributed by atoms with van der Waals surface area (Å²) in [5.41, 5.74) is 1.27. The smallest absolute Gasteiger partial charge is 0.133 e. The van der Waals surface area contributed by atoms with Gasteiger partial charge in [-0.15, -0.1) is 0 Å². The van der Waals surface area contributed by atoms with Crippen LogP contribution in [0.3, 0.4) is 0 Å². The van der Waals surface area contributed by atoms with E-state index in [0.29, 0.717) is 12.6 Å². The van der Waals surface area contributed by atoms with Crippen molar-refractivity contribution in [3.63, 3.8) is 0 Å². The van der Waals surface area contributed by atoms with E-state index in [-0.39, 0.29) is 0 Å². The summed E-state index contributed by atoms with van der Waals surface area (Å²) in [6.45, 7) is 2.35. The molecule has 4 heteroatoms. The minimum absolute atomic E-state index is 0.682. The van der Waals surface area contributed by atoms with Crippen molar-refractivity contribution in [3.05, 3.63) is 36.0 Å². The van der Waals surface area contributed by atoms with Gasteiger partial charge in [-0.3, -0.25) is 0 Å². The number of aromatic nitrogens is 1. The van der Waals surface area contributed by atoms with Crippen LogP contribution in [0.2, 0.25) is 0 Å². The van der Waals surface area contributed by atoms with E-state index in [4.69, 9.17) is 4.74 Å². The zero-order valence-electron chi connectivity index (χ0n) is 11.9. The molecule has 1 aliphatic rings. The second-order valence-electron chi connectivity index (χ2n) is 5.25. The van der Waals surface area contributed by atoms with Crippen molar-refractivity contribution in [1.82, 2.24) is 10.3 Å². The molecule has 4 nitrogen and oxygen atoms in total. The predicted molar refractivity (Wildman–Crippen MR) is 82.0 cm³/mol. The van der Waals surface area contributed by atoms with Crippen molar-refractivity contribution in [2.24, 2.45) is 0 Å². The van der Waals surface area contributed by atoms with Gasteiger partial charge in [-0.2, -0.15) is 0 Å². The lowest BCUT2D eigenvalue weighted by atomic mass is 10.1. The van der Waals surface area contributed by atoms with Crippen LogP contribution in [0.1, 0.15) is 18.4 Å². The second-order valence-corrected chi connectivity index (χ2v) is 5.25. The lowest BCUT2D eigenvalue weighted by Crippen LogP contribution is -2.16. The highest BCUT2D eigenvalue weighted by atomic mass is 16.5. The third-order valence-corrected chi connectivity index (χ3v) is 3.63. The maximum atomic E-state index is 5.07. The number of methoxy groups -OCH3 is 1. The number of nitrogens with zero attached hydrogens (tertiary/aromatic N) is 1. The average Bonchev–Trinajstić information content (AvgIpc) is 3.30. The molecule has 1 saturated carbocycles. The predicted octanol–water partition coefficient (Wildman–Crippen LogP) is 2.55. The van der Waals surface area contributed by atoms with Gasteiger partial charge in [-0.1, -0.05) is 24.3 Å². The van der Waals surface area contributed by atoms with E-state index in [1.54, 1.807) is 7.11 Å². The molecule has 1 aliphatic carbocycles. The van der Waals surface area contributed by atoms with Gasteiger partial charge in [0.15, 0.2) is 0 Å². The van der Waals surface area contributed by atoms with Gasteiger partial charge in [0.2, 0.25) is 0 Å². The number of anilines is 1. The van der Waals surface area contributed by atoms with Crippen LogP contribution < -0.4 is 10.6 Å². The van der Waals surface area contributed by atoms with Crippen LogP contribution in [0.4, 0.5) is 5.82 Å². The maximum Gasteiger partial charge on any atom is 0.133 e. The van der Waals surface area contributed by atoms with Crippen molar-refractivity contribution in [1.29, 1.82) is 0 Å². The first-order valence-corrected chi connectivity index (χ1v) is 7.21. The Morgan fingerprint density at radius 3 is 2.80 bits per heavy atom. The van der Waals surface area contributed by atoms with Crippen molar-refractivity contribution >= 4 is 16.6 Å². The average molecular weight is 271 g/mol. The lowest BCUT2D eigenvalue weighted by Gasteiger charge is -2.12. The van der Waals surface area contributed by atoms with Gasteiger partial charge < -0.3 is 15.4 Å². The number of nitrogens with one attached hydrogen (secondary N) is 2. The Balaban J connectivity index is 1.83. The molecule has 1 aromatic heterocycles. The lowest BCUT2D eigenvalue weighted by molar-refractivity contribution is 0.210. The fraction of sp³-hybridized carbons (Fsp3) is 0.438. The molecule has 3 rings (SSSR count). The quantitative estimate of drug-likeness (QED) is 0.760. The molecular formula is C16H21N3O. The summed E-state index contributed by atoms with van der Waals surface area (Å²) in [4.78, 5) is 4.57. The van der Waals surface area contributed by atoms with Crippen LogP contribution in [0, 0.1) is 0 Å². The van der Waals surface area contributed by atoms with E-state index in [1.165, 1.54) is 29.2 Å². The first kappa shape index (κ1) is 13.3. The van der Waals surface area contributed by atoms with Crippen LogP contribution in [0.5, 0.6) is 0 Å². The Morgan fingerprint density at radius 2 is 2.05 bits per heavy atom. The number of rotatable bonds is 7. The molecule has 1 aromatic carbocycles. The minimum atomic E-state index is 0.682.